The number of hydrogen-bond donors (Lipinski definition) is 0. The lowest BCUT2D eigenvalue weighted by Crippen LogP contribution is -2.02. The topological polar surface area (TPSA) is 34.3 Å². The van der Waals surface area contributed by atoms with Gasteiger partial charge in [-0.3, -0.25) is 9.78 Å². The van der Waals surface area contributed by atoms with Crippen molar-refractivity contribution in [2.45, 2.75) is 0 Å². The van der Waals surface area contributed by atoms with Crippen LogP contribution in [0, 0.1) is 6.57 Å². The molecule has 0 fully saturated rings. The number of pyridine rings is 1. The molecule has 1 heterocycles. The summed E-state index contributed by atoms with van der Waals surface area (Å²) in [5, 5.41) is 0.297. The third kappa shape index (κ3) is 1.80. The van der Waals surface area contributed by atoms with E-state index in [0.29, 0.717) is 10.6 Å². The molecule has 1 rings (SSSR count). The van der Waals surface area contributed by atoms with Crippen LogP contribution >= 0.6 is 11.6 Å². The standard InChI is InChI=1S/C8H5ClN2O/c1-10-5-8(12)6-2-3-11-4-7(6)9/h2-4H,5H2. The van der Waals surface area contributed by atoms with Gasteiger partial charge in [0, 0.05) is 18.0 Å². The van der Waals surface area contributed by atoms with Crippen LogP contribution in [0.25, 0.3) is 4.85 Å². The Morgan fingerprint density at radius 1 is 1.75 bits per heavy atom. The highest BCUT2D eigenvalue weighted by atomic mass is 35.5. The van der Waals surface area contributed by atoms with Crippen LogP contribution in [0.1, 0.15) is 10.4 Å². The Bertz CT molecular complexity index is 343. The van der Waals surface area contributed by atoms with Gasteiger partial charge in [-0.15, -0.1) is 0 Å². The number of ketones is 1. The molecule has 60 valence electrons. The van der Waals surface area contributed by atoms with Crippen LogP contribution in [-0.4, -0.2) is 17.3 Å². The predicted molar refractivity (Wildman–Crippen MR) is 45.0 cm³/mol. The minimum Gasteiger partial charge on any atom is -0.308 e. The Labute approximate surface area is 74.8 Å². The van der Waals surface area contributed by atoms with Gasteiger partial charge in [0.2, 0.25) is 5.78 Å². The van der Waals surface area contributed by atoms with E-state index in [2.05, 4.69) is 9.83 Å². The summed E-state index contributed by atoms with van der Waals surface area (Å²) < 4.78 is 0. The van der Waals surface area contributed by atoms with Crippen molar-refractivity contribution in [1.82, 2.24) is 4.98 Å². The second-order valence-electron chi connectivity index (χ2n) is 2.09. The Balaban J connectivity index is 2.97. The first-order chi connectivity index (χ1) is 5.75. The van der Waals surface area contributed by atoms with Crippen molar-refractivity contribution < 1.29 is 4.79 Å². The van der Waals surface area contributed by atoms with Gasteiger partial charge in [0.05, 0.1) is 5.02 Å². The molecule has 0 aromatic carbocycles. The zero-order valence-electron chi connectivity index (χ0n) is 6.12. The van der Waals surface area contributed by atoms with E-state index in [9.17, 15) is 4.79 Å². The Morgan fingerprint density at radius 3 is 3.08 bits per heavy atom. The predicted octanol–water partition coefficient (Wildman–Crippen LogP) is 1.84. The summed E-state index contributed by atoms with van der Waals surface area (Å²) in [5.41, 5.74) is 0.364. The largest absolute Gasteiger partial charge is 0.308 e. The first kappa shape index (κ1) is 8.69. The van der Waals surface area contributed by atoms with Crippen molar-refractivity contribution in [3.63, 3.8) is 0 Å². The molecule has 0 saturated heterocycles. The van der Waals surface area contributed by atoms with Crippen LogP contribution in [0.4, 0.5) is 0 Å². The molecule has 1 aromatic heterocycles. The molecule has 0 radical (unpaired) electrons. The van der Waals surface area contributed by atoms with Crippen molar-refractivity contribution in [2.75, 3.05) is 6.54 Å². The highest BCUT2D eigenvalue weighted by Crippen LogP contribution is 2.13. The van der Waals surface area contributed by atoms with Crippen LogP contribution in [-0.2, 0) is 0 Å². The lowest BCUT2D eigenvalue weighted by atomic mass is 10.2. The molecule has 0 saturated carbocycles. The molecule has 3 nitrogen and oxygen atoms in total. The number of halogens is 1. The molecular weight excluding hydrogens is 176 g/mol. The molecule has 0 unspecified atom stereocenters. The summed E-state index contributed by atoms with van der Waals surface area (Å²) in [6.07, 6.45) is 2.86. The zero-order chi connectivity index (χ0) is 8.97. The van der Waals surface area contributed by atoms with Crippen molar-refractivity contribution in [3.8, 4) is 0 Å². The highest BCUT2D eigenvalue weighted by molar-refractivity contribution is 6.33. The Morgan fingerprint density at radius 2 is 2.50 bits per heavy atom. The first-order valence-electron chi connectivity index (χ1n) is 3.21. The Hall–Kier alpha value is -1.40. The molecule has 0 spiro atoms. The zero-order valence-corrected chi connectivity index (χ0v) is 6.88. The second kappa shape index (κ2) is 3.84. The quantitative estimate of drug-likeness (QED) is 0.514. The van der Waals surface area contributed by atoms with E-state index >= 15 is 0 Å². The van der Waals surface area contributed by atoms with E-state index in [0.717, 1.165) is 0 Å². The summed E-state index contributed by atoms with van der Waals surface area (Å²) in [7, 11) is 0. The van der Waals surface area contributed by atoms with E-state index in [4.69, 9.17) is 18.2 Å². The fourth-order valence-electron chi connectivity index (χ4n) is 0.758. The average Bonchev–Trinajstić information content (AvgIpc) is 2.05. The smallest absolute Gasteiger partial charge is 0.276 e. The molecule has 0 aliphatic heterocycles. The van der Waals surface area contributed by atoms with Crippen LogP contribution in [0.5, 0.6) is 0 Å². The van der Waals surface area contributed by atoms with Gasteiger partial charge >= 0.3 is 0 Å². The number of Topliss-reactive ketones (excluding diaryl/α,β-unsaturated/α-hetero) is 1. The number of hydrogen-bond acceptors (Lipinski definition) is 2. The maximum absolute atomic E-state index is 11.1. The lowest BCUT2D eigenvalue weighted by molar-refractivity contribution is 0.101. The molecule has 12 heavy (non-hydrogen) atoms. The van der Waals surface area contributed by atoms with Crippen molar-refractivity contribution >= 4 is 17.4 Å². The van der Waals surface area contributed by atoms with Crippen LogP contribution < -0.4 is 0 Å². The molecule has 0 atom stereocenters. The number of carbonyl (C=O) groups is 1. The van der Waals surface area contributed by atoms with E-state index < -0.39 is 0 Å². The fourth-order valence-corrected chi connectivity index (χ4v) is 0.983. The van der Waals surface area contributed by atoms with Crippen molar-refractivity contribution in [1.29, 1.82) is 0 Å². The molecular formula is C8H5ClN2O. The maximum atomic E-state index is 11.1. The van der Waals surface area contributed by atoms with E-state index in [1.807, 2.05) is 0 Å². The van der Waals surface area contributed by atoms with E-state index in [1.165, 1.54) is 18.5 Å². The summed E-state index contributed by atoms with van der Waals surface area (Å²) in [4.78, 5) is 17.8. The third-order valence-electron chi connectivity index (χ3n) is 1.30. The number of nitrogens with zero attached hydrogens (tertiary/aromatic N) is 2. The summed E-state index contributed by atoms with van der Waals surface area (Å²) in [6.45, 7) is 6.34. The number of rotatable bonds is 2. The summed E-state index contributed by atoms with van der Waals surface area (Å²) in [5.74, 6) is -0.266. The van der Waals surface area contributed by atoms with Gasteiger partial charge in [0.25, 0.3) is 6.54 Å². The van der Waals surface area contributed by atoms with E-state index in [-0.39, 0.29) is 12.3 Å². The maximum Gasteiger partial charge on any atom is 0.276 e. The van der Waals surface area contributed by atoms with Crippen LogP contribution in [0.3, 0.4) is 0 Å². The minimum atomic E-state index is -0.266. The Kier molecular flexibility index (Phi) is 2.78. The van der Waals surface area contributed by atoms with Gasteiger partial charge in [0.1, 0.15) is 0 Å². The van der Waals surface area contributed by atoms with Crippen LogP contribution in [0.15, 0.2) is 18.5 Å². The third-order valence-corrected chi connectivity index (χ3v) is 1.60. The highest BCUT2D eigenvalue weighted by Gasteiger charge is 2.11. The van der Waals surface area contributed by atoms with Gasteiger partial charge in [0.15, 0.2) is 0 Å². The second-order valence-corrected chi connectivity index (χ2v) is 2.50. The molecule has 0 aliphatic carbocycles. The number of carbonyl (C=O) groups excluding carboxylic acids is 1. The van der Waals surface area contributed by atoms with Gasteiger partial charge in [-0.05, 0) is 6.07 Å². The molecule has 1 aromatic rings. The first-order valence-corrected chi connectivity index (χ1v) is 3.59. The summed E-state index contributed by atoms with van der Waals surface area (Å²) >= 11 is 5.67. The SMILES string of the molecule is [C-]#[N+]CC(=O)c1ccncc1Cl. The van der Waals surface area contributed by atoms with E-state index in [1.54, 1.807) is 0 Å². The van der Waals surface area contributed by atoms with Crippen LogP contribution in [0.2, 0.25) is 5.02 Å². The molecule has 4 heteroatoms. The molecule has 0 bridgehead atoms. The monoisotopic (exact) mass is 180 g/mol. The van der Waals surface area contributed by atoms with Gasteiger partial charge in [-0.1, -0.05) is 11.6 Å². The van der Waals surface area contributed by atoms with Crippen molar-refractivity contribution in [3.05, 3.63) is 40.5 Å². The summed E-state index contributed by atoms with van der Waals surface area (Å²) in [6, 6.07) is 1.51. The van der Waals surface area contributed by atoms with Gasteiger partial charge in [-0.2, -0.15) is 0 Å². The van der Waals surface area contributed by atoms with Gasteiger partial charge < -0.3 is 4.85 Å². The normalized spacial score (nSPS) is 9.00. The minimum absolute atomic E-state index is 0.163. The van der Waals surface area contributed by atoms with Gasteiger partial charge in [-0.25, -0.2) is 6.57 Å². The molecule has 0 N–H and O–H groups in total. The van der Waals surface area contributed by atoms with Crippen molar-refractivity contribution in [2.24, 2.45) is 0 Å². The molecule has 0 aliphatic rings. The average molecular weight is 181 g/mol. The fraction of sp³-hybridized carbons (Fsp3) is 0.125. The number of aromatic nitrogens is 1. The lowest BCUT2D eigenvalue weighted by Gasteiger charge is -1.95. The molecule has 0 amide bonds.